The van der Waals surface area contributed by atoms with E-state index < -0.39 is 0 Å². The van der Waals surface area contributed by atoms with E-state index in [1.807, 2.05) is 12.1 Å². The molecule has 2 aliphatic rings. The van der Waals surface area contributed by atoms with Crippen LogP contribution in [0.4, 0.5) is 0 Å². The quantitative estimate of drug-likeness (QED) is 0.663. The fraction of sp³-hybridized carbons (Fsp3) is 0.438. The lowest BCUT2D eigenvalue weighted by molar-refractivity contribution is 0.616. The first kappa shape index (κ1) is 14.2. The van der Waals surface area contributed by atoms with E-state index in [-0.39, 0.29) is 5.56 Å². The van der Waals surface area contributed by atoms with E-state index in [0.717, 1.165) is 11.0 Å². The second-order valence-electron chi connectivity index (χ2n) is 6.40. The van der Waals surface area contributed by atoms with E-state index in [1.165, 1.54) is 42.1 Å². The van der Waals surface area contributed by atoms with Gasteiger partial charge in [0.1, 0.15) is 11.3 Å². The zero-order chi connectivity index (χ0) is 16.1. The Morgan fingerprint density at radius 3 is 2.71 bits per heavy atom. The van der Waals surface area contributed by atoms with Gasteiger partial charge in [-0.05, 0) is 37.8 Å². The zero-order valence-corrected chi connectivity index (χ0v) is 13.8. The summed E-state index contributed by atoms with van der Waals surface area (Å²) in [5.74, 6) is 2.10. The number of fused-ring (bicyclic) bond motifs is 1. The number of aromatic nitrogens is 6. The van der Waals surface area contributed by atoms with Gasteiger partial charge in [-0.3, -0.25) is 4.79 Å². The minimum absolute atomic E-state index is 0.118. The summed E-state index contributed by atoms with van der Waals surface area (Å²) < 4.78 is 3.68. The molecule has 5 rings (SSSR count). The van der Waals surface area contributed by atoms with Crippen LogP contribution in [0.5, 0.6) is 0 Å². The van der Waals surface area contributed by atoms with Crippen molar-refractivity contribution in [3.63, 3.8) is 0 Å². The third kappa shape index (κ3) is 2.41. The smallest absolute Gasteiger partial charge is 0.278 e. The lowest BCUT2D eigenvalue weighted by atomic mass is 10.2. The number of benzene rings is 1. The second-order valence-corrected chi connectivity index (χ2v) is 7.31. The highest BCUT2D eigenvalue weighted by molar-refractivity contribution is 7.98. The van der Waals surface area contributed by atoms with Crippen molar-refractivity contribution in [3.8, 4) is 0 Å². The molecule has 0 amide bonds. The lowest BCUT2D eigenvalue weighted by Gasteiger charge is -2.08. The molecule has 2 aromatic heterocycles. The normalized spacial score (nSPS) is 17.5. The summed E-state index contributed by atoms with van der Waals surface area (Å²) in [4.78, 5) is 12.5. The molecule has 7 nitrogen and oxygen atoms in total. The Labute approximate surface area is 142 Å². The van der Waals surface area contributed by atoms with E-state index >= 15 is 0 Å². The maximum absolute atomic E-state index is 12.5. The molecule has 0 atom stereocenters. The molecule has 2 saturated carbocycles. The molecule has 0 N–H and O–H groups in total. The summed E-state index contributed by atoms with van der Waals surface area (Å²) in [6, 6.07) is 7.82. The Bertz CT molecular complexity index is 972. The molecule has 0 bridgehead atoms. The van der Waals surface area contributed by atoms with Crippen LogP contribution in [-0.4, -0.2) is 29.8 Å². The maximum atomic E-state index is 12.5. The highest BCUT2D eigenvalue weighted by Crippen LogP contribution is 2.46. The van der Waals surface area contributed by atoms with Gasteiger partial charge >= 0.3 is 0 Å². The number of nitrogens with zero attached hydrogens (tertiary/aromatic N) is 6. The SMILES string of the molecule is O=c1c2ccccc2nnn1CSc1nnc(C2CC2)n1C1CC1. The molecule has 8 heteroatoms. The fourth-order valence-electron chi connectivity index (χ4n) is 2.91. The number of hydrogen-bond donors (Lipinski definition) is 0. The first-order valence-electron chi connectivity index (χ1n) is 8.21. The van der Waals surface area contributed by atoms with Gasteiger partial charge in [-0.15, -0.1) is 15.3 Å². The molecule has 122 valence electrons. The monoisotopic (exact) mass is 340 g/mol. The van der Waals surface area contributed by atoms with E-state index in [2.05, 4.69) is 25.1 Å². The lowest BCUT2D eigenvalue weighted by Crippen LogP contribution is -2.23. The van der Waals surface area contributed by atoms with E-state index in [4.69, 9.17) is 0 Å². The Hall–Kier alpha value is -2.22. The van der Waals surface area contributed by atoms with Gasteiger partial charge in [-0.1, -0.05) is 29.1 Å². The maximum Gasteiger partial charge on any atom is 0.278 e. The van der Waals surface area contributed by atoms with Crippen LogP contribution in [0.3, 0.4) is 0 Å². The number of rotatable bonds is 5. The largest absolute Gasteiger partial charge is 0.303 e. The van der Waals surface area contributed by atoms with Crippen LogP contribution in [-0.2, 0) is 5.88 Å². The number of thioether (sulfide) groups is 1. The summed E-state index contributed by atoms with van der Waals surface area (Å²) >= 11 is 1.51. The first-order valence-corrected chi connectivity index (χ1v) is 9.20. The molecule has 0 aliphatic heterocycles. The van der Waals surface area contributed by atoms with Crippen LogP contribution >= 0.6 is 11.8 Å². The standard InChI is InChI=1S/C16H16N6OS/c23-15-12-3-1-2-4-13(12)17-20-21(15)9-24-16-19-18-14(10-5-6-10)22(16)11-7-8-11/h1-4,10-11H,5-9H2. The molecule has 0 unspecified atom stereocenters. The van der Waals surface area contributed by atoms with Crippen molar-refractivity contribution in [2.75, 3.05) is 0 Å². The molecule has 2 aliphatic carbocycles. The molecule has 2 heterocycles. The van der Waals surface area contributed by atoms with Gasteiger partial charge < -0.3 is 4.57 Å². The van der Waals surface area contributed by atoms with Crippen LogP contribution in [0.15, 0.2) is 34.2 Å². The van der Waals surface area contributed by atoms with Crippen molar-refractivity contribution in [2.45, 2.75) is 48.7 Å². The van der Waals surface area contributed by atoms with Crippen LogP contribution in [0.1, 0.15) is 43.5 Å². The summed E-state index contributed by atoms with van der Waals surface area (Å²) in [5, 5.41) is 18.4. The van der Waals surface area contributed by atoms with Gasteiger partial charge in [-0.2, -0.15) is 4.68 Å². The van der Waals surface area contributed by atoms with Gasteiger partial charge in [0, 0.05) is 12.0 Å². The fourth-order valence-corrected chi connectivity index (χ4v) is 3.80. The minimum Gasteiger partial charge on any atom is -0.303 e. The highest BCUT2D eigenvalue weighted by Gasteiger charge is 2.36. The average molecular weight is 340 g/mol. The third-order valence-corrected chi connectivity index (χ3v) is 5.40. The molecule has 0 saturated heterocycles. The molecule has 0 radical (unpaired) electrons. The molecule has 0 spiro atoms. The minimum atomic E-state index is -0.118. The summed E-state index contributed by atoms with van der Waals surface area (Å²) in [6.07, 6.45) is 4.82. The molecule has 24 heavy (non-hydrogen) atoms. The van der Waals surface area contributed by atoms with Crippen molar-refractivity contribution < 1.29 is 0 Å². The third-order valence-electron chi connectivity index (χ3n) is 4.49. The number of hydrogen-bond acceptors (Lipinski definition) is 6. The van der Waals surface area contributed by atoms with Gasteiger partial charge in [0.05, 0.1) is 11.3 Å². The molecule has 3 aromatic rings. The highest BCUT2D eigenvalue weighted by atomic mass is 32.2. The van der Waals surface area contributed by atoms with Crippen LogP contribution in [0, 0.1) is 0 Å². The summed E-state index contributed by atoms with van der Waals surface area (Å²) in [7, 11) is 0. The van der Waals surface area contributed by atoms with Crippen molar-refractivity contribution in [1.82, 2.24) is 29.8 Å². The van der Waals surface area contributed by atoms with Gasteiger partial charge in [0.25, 0.3) is 5.56 Å². The van der Waals surface area contributed by atoms with Gasteiger partial charge in [0.15, 0.2) is 5.16 Å². The Morgan fingerprint density at radius 2 is 1.92 bits per heavy atom. The predicted molar refractivity (Wildman–Crippen MR) is 89.9 cm³/mol. The van der Waals surface area contributed by atoms with Crippen LogP contribution in [0.25, 0.3) is 10.9 Å². The summed E-state index contributed by atoms with van der Waals surface area (Å²) in [6.45, 7) is 0. The van der Waals surface area contributed by atoms with E-state index in [1.54, 1.807) is 12.1 Å². The Kier molecular flexibility index (Phi) is 3.19. The second kappa shape index (κ2) is 5.41. The average Bonchev–Trinajstić information content (AvgIpc) is 3.53. The van der Waals surface area contributed by atoms with Crippen molar-refractivity contribution in [1.29, 1.82) is 0 Å². The van der Waals surface area contributed by atoms with Crippen LogP contribution in [0.2, 0.25) is 0 Å². The molecular weight excluding hydrogens is 324 g/mol. The van der Waals surface area contributed by atoms with Crippen LogP contribution < -0.4 is 5.56 Å². The van der Waals surface area contributed by atoms with Crippen molar-refractivity contribution in [2.24, 2.45) is 0 Å². The first-order chi connectivity index (χ1) is 11.8. The van der Waals surface area contributed by atoms with Crippen molar-refractivity contribution in [3.05, 3.63) is 40.4 Å². The topological polar surface area (TPSA) is 78.5 Å². The Morgan fingerprint density at radius 1 is 1.08 bits per heavy atom. The zero-order valence-electron chi connectivity index (χ0n) is 13.0. The molecule has 2 fully saturated rings. The predicted octanol–water partition coefficient (Wildman–Crippen LogP) is 2.35. The van der Waals surface area contributed by atoms with E-state index in [9.17, 15) is 4.79 Å². The molecule has 1 aromatic carbocycles. The van der Waals surface area contributed by atoms with Crippen molar-refractivity contribution >= 4 is 22.7 Å². The molecular formula is C16H16N6OS. The van der Waals surface area contributed by atoms with Gasteiger partial charge in [0.2, 0.25) is 0 Å². The summed E-state index contributed by atoms with van der Waals surface area (Å²) in [5.41, 5.74) is 0.508. The van der Waals surface area contributed by atoms with Gasteiger partial charge in [-0.25, -0.2) is 0 Å². The Balaban J connectivity index is 1.44. The van der Waals surface area contributed by atoms with E-state index in [0.29, 0.717) is 28.7 Å².